The number of aromatic nitrogens is 4. The summed E-state index contributed by atoms with van der Waals surface area (Å²) >= 11 is 0. The highest BCUT2D eigenvalue weighted by Crippen LogP contribution is 2.42. The largest absolute Gasteiger partial charge is 0.309 e. The Morgan fingerprint density at radius 3 is 1.77 bits per heavy atom. The predicted octanol–water partition coefficient (Wildman–Crippen LogP) is 11.9. The van der Waals surface area contributed by atoms with Crippen molar-refractivity contribution in [3.63, 3.8) is 0 Å². The summed E-state index contributed by atoms with van der Waals surface area (Å²) in [6, 6.07) is 62.1. The van der Waals surface area contributed by atoms with Crippen molar-refractivity contribution in [1.82, 2.24) is 18.7 Å². The zero-order valence-electron chi connectivity index (χ0n) is 28.5. The first-order valence-corrected chi connectivity index (χ1v) is 17.8. The molecule has 0 atom stereocenters. The van der Waals surface area contributed by atoms with Gasteiger partial charge in [0, 0.05) is 55.6 Å². The minimum atomic E-state index is 0.611. The molecule has 4 aromatic heterocycles. The van der Waals surface area contributed by atoms with Crippen molar-refractivity contribution < 1.29 is 0 Å². The quantitative estimate of drug-likeness (QED) is 0.186. The molecule has 4 heterocycles. The summed E-state index contributed by atoms with van der Waals surface area (Å²) < 4.78 is 6.94. The SMILES string of the molecule is N#Cc1cc(-c2cccc(-n3c4ccc5c6ccccc6n(-c6ccccc6)c5c4c4cccnc43)c2)cc(-n2c3ccccc3c3ccccc32)c1. The highest BCUT2D eigenvalue weighted by Gasteiger charge is 2.22. The number of fused-ring (bicyclic) bond motifs is 10. The van der Waals surface area contributed by atoms with E-state index in [1.54, 1.807) is 0 Å². The average molecular weight is 676 g/mol. The zero-order chi connectivity index (χ0) is 35.0. The standard InChI is InChI=1S/C48H29N5/c49-30-31-26-33(29-36(27-31)51-42-20-7-4-16-37(42)38-17-5-8-21-43(38)51)32-12-10-15-35(28-32)53-45-24-23-40-39-18-6-9-22-44(39)52(34-13-2-1-3-14-34)47(40)46(45)41-19-11-25-50-48(41)53/h1-29H. The molecule has 0 N–H and O–H groups in total. The van der Waals surface area contributed by atoms with Crippen molar-refractivity contribution in [3.8, 4) is 34.3 Å². The van der Waals surface area contributed by atoms with Gasteiger partial charge in [-0.15, -0.1) is 0 Å². The van der Waals surface area contributed by atoms with Gasteiger partial charge in [-0.05, 0) is 90.0 Å². The maximum atomic E-state index is 10.3. The second-order valence-electron chi connectivity index (χ2n) is 13.6. The summed E-state index contributed by atoms with van der Waals surface area (Å²) in [5.74, 6) is 0. The molecule has 0 aliphatic rings. The Morgan fingerprint density at radius 1 is 0.415 bits per heavy atom. The number of hydrogen-bond donors (Lipinski definition) is 0. The number of nitrogens with zero attached hydrogens (tertiary/aromatic N) is 5. The van der Waals surface area contributed by atoms with Gasteiger partial charge in [-0.2, -0.15) is 5.26 Å². The van der Waals surface area contributed by atoms with E-state index in [0.717, 1.165) is 61.2 Å². The first kappa shape index (κ1) is 29.3. The van der Waals surface area contributed by atoms with Crippen molar-refractivity contribution in [2.75, 3.05) is 0 Å². The van der Waals surface area contributed by atoms with Gasteiger partial charge in [-0.25, -0.2) is 4.98 Å². The van der Waals surface area contributed by atoms with Crippen molar-refractivity contribution in [2.24, 2.45) is 0 Å². The van der Waals surface area contributed by atoms with Gasteiger partial charge in [-0.3, -0.25) is 4.57 Å². The highest BCUT2D eigenvalue weighted by molar-refractivity contribution is 6.25. The van der Waals surface area contributed by atoms with Crippen LogP contribution >= 0.6 is 0 Å². The fourth-order valence-electron chi connectivity index (χ4n) is 8.49. The number of para-hydroxylation sites is 4. The molecule has 0 spiro atoms. The van der Waals surface area contributed by atoms with E-state index in [1.807, 2.05) is 24.4 Å². The van der Waals surface area contributed by atoms with Crippen LogP contribution in [0.4, 0.5) is 0 Å². The Labute approximate surface area is 304 Å². The number of pyridine rings is 1. The molecule has 5 heteroatoms. The molecule has 0 aliphatic carbocycles. The molecule has 0 bridgehead atoms. The summed E-state index contributed by atoms with van der Waals surface area (Å²) in [6.07, 6.45) is 1.87. The van der Waals surface area contributed by atoms with Gasteiger partial charge >= 0.3 is 0 Å². The lowest BCUT2D eigenvalue weighted by Gasteiger charge is -2.13. The van der Waals surface area contributed by atoms with Crippen LogP contribution in [0.3, 0.4) is 0 Å². The third kappa shape index (κ3) is 4.27. The van der Waals surface area contributed by atoms with Crippen LogP contribution in [0.5, 0.6) is 0 Å². The molecule has 0 unspecified atom stereocenters. The lowest BCUT2D eigenvalue weighted by Crippen LogP contribution is -1.98. The Hall–Kier alpha value is -7.42. The maximum Gasteiger partial charge on any atom is 0.145 e. The summed E-state index contributed by atoms with van der Waals surface area (Å²) in [6.45, 7) is 0. The van der Waals surface area contributed by atoms with Gasteiger partial charge in [0.05, 0.1) is 39.2 Å². The molecule has 11 rings (SSSR count). The zero-order valence-corrected chi connectivity index (χ0v) is 28.5. The molecule has 0 saturated heterocycles. The van der Waals surface area contributed by atoms with E-state index in [1.165, 1.54) is 32.6 Å². The monoisotopic (exact) mass is 675 g/mol. The molecule has 0 saturated carbocycles. The Morgan fingerprint density at radius 2 is 1.04 bits per heavy atom. The normalized spacial score (nSPS) is 11.8. The lowest BCUT2D eigenvalue weighted by atomic mass is 10.0. The summed E-state index contributed by atoms with van der Waals surface area (Å²) in [7, 11) is 0. The van der Waals surface area contributed by atoms with Crippen molar-refractivity contribution in [1.29, 1.82) is 5.26 Å². The molecule has 0 fully saturated rings. The predicted molar refractivity (Wildman–Crippen MR) is 217 cm³/mol. The Bertz CT molecular complexity index is 3250. The summed E-state index contributed by atoms with van der Waals surface area (Å²) in [4.78, 5) is 5.00. The van der Waals surface area contributed by atoms with E-state index in [0.29, 0.717) is 5.56 Å². The van der Waals surface area contributed by atoms with Gasteiger partial charge in [0.2, 0.25) is 0 Å². The van der Waals surface area contributed by atoms with E-state index in [4.69, 9.17) is 4.98 Å². The molecule has 5 nitrogen and oxygen atoms in total. The number of hydrogen-bond acceptors (Lipinski definition) is 2. The van der Waals surface area contributed by atoms with Crippen LogP contribution in [-0.2, 0) is 0 Å². The Balaban J connectivity index is 1.16. The first-order valence-electron chi connectivity index (χ1n) is 17.8. The minimum absolute atomic E-state index is 0.611. The second kappa shape index (κ2) is 11.3. The van der Waals surface area contributed by atoms with Crippen LogP contribution in [0.1, 0.15) is 5.56 Å². The first-order chi connectivity index (χ1) is 26.3. The fourth-order valence-corrected chi connectivity index (χ4v) is 8.49. The van der Waals surface area contributed by atoms with E-state index in [9.17, 15) is 5.26 Å². The van der Waals surface area contributed by atoms with E-state index in [-0.39, 0.29) is 0 Å². The van der Waals surface area contributed by atoms with Crippen molar-refractivity contribution >= 4 is 65.5 Å². The van der Waals surface area contributed by atoms with E-state index >= 15 is 0 Å². The number of benzene rings is 7. The molecule has 7 aromatic carbocycles. The van der Waals surface area contributed by atoms with Crippen LogP contribution in [-0.4, -0.2) is 18.7 Å². The smallest absolute Gasteiger partial charge is 0.145 e. The molecular formula is C48H29N5. The van der Waals surface area contributed by atoms with E-state index in [2.05, 4.69) is 171 Å². The third-order valence-corrected chi connectivity index (χ3v) is 10.7. The van der Waals surface area contributed by atoms with Crippen molar-refractivity contribution in [2.45, 2.75) is 0 Å². The van der Waals surface area contributed by atoms with E-state index < -0.39 is 0 Å². The van der Waals surface area contributed by atoms with Crippen LogP contribution < -0.4 is 0 Å². The third-order valence-electron chi connectivity index (χ3n) is 10.7. The topological polar surface area (TPSA) is 51.5 Å². The van der Waals surface area contributed by atoms with Crippen LogP contribution in [0.25, 0.3) is 93.7 Å². The van der Waals surface area contributed by atoms with Crippen molar-refractivity contribution in [3.05, 3.63) is 182 Å². The van der Waals surface area contributed by atoms with Gasteiger partial charge in [0.15, 0.2) is 0 Å². The van der Waals surface area contributed by atoms with Gasteiger partial charge in [-0.1, -0.05) is 91.0 Å². The van der Waals surface area contributed by atoms with Gasteiger partial charge in [0.25, 0.3) is 0 Å². The molecule has 53 heavy (non-hydrogen) atoms. The molecule has 246 valence electrons. The summed E-state index contributed by atoms with van der Waals surface area (Å²) in [5.41, 5.74) is 12.2. The summed E-state index contributed by atoms with van der Waals surface area (Å²) in [5, 5.41) is 17.3. The number of nitriles is 1. The van der Waals surface area contributed by atoms with Crippen LogP contribution in [0.2, 0.25) is 0 Å². The molecular weight excluding hydrogens is 647 g/mol. The Kier molecular flexibility index (Phi) is 6.25. The molecule has 0 aliphatic heterocycles. The van der Waals surface area contributed by atoms with Crippen LogP contribution in [0.15, 0.2) is 176 Å². The van der Waals surface area contributed by atoms with Gasteiger partial charge < -0.3 is 9.13 Å². The number of rotatable bonds is 4. The minimum Gasteiger partial charge on any atom is -0.309 e. The lowest BCUT2D eigenvalue weighted by molar-refractivity contribution is 1.13. The highest BCUT2D eigenvalue weighted by atomic mass is 15.1. The maximum absolute atomic E-state index is 10.3. The van der Waals surface area contributed by atoms with Crippen LogP contribution in [0, 0.1) is 11.3 Å². The molecule has 11 aromatic rings. The average Bonchev–Trinajstić information content (AvgIpc) is 3.87. The van der Waals surface area contributed by atoms with Gasteiger partial charge in [0.1, 0.15) is 5.65 Å². The fraction of sp³-hybridized carbons (Fsp3) is 0. The molecule has 0 amide bonds. The molecule has 0 radical (unpaired) electrons. The second-order valence-corrected chi connectivity index (χ2v) is 13.6.